The number of fused-ring (bicyclic) bond motifs is 1. The van der Waals surface area contributed by atoms with Crippen molar-refractivity contribution in [3.8, 4) is 0 Å². The minimum absolute atomic E-state index is 0.0339. The van der Waals surface area contributed by atoms with Crippen molar-refractivity contribution in [2.45, 2.75) is 52.0 Å². The number of nitrogens with one attached hydrogen (secondary N) is 4. The number of aromatic nitrogens is 1. The summed E-state index contributed by atoms with van der Waals surface area (Å²) >= 11 is 0. The number of amides is 7. The second kappa shape index (κ2) is 36.6. The van der Waals surface area contributed by atoms with Crippen LogP contribution in [-0.2, 0) is 71.4 Å². The number of amidine groups is 1. The van der Waals surface area contributed by atoms with Crippen molar-refractivity contribution >= 4 is 53.2 Å². The molecular weight excluding hydrogens is 1020 g/mol. The predicted molar refractivity (Wildman–Crippen MR) is 280 cm³/mol. The fourth-order valence-corrected chi connectivity index (χ4v) is 8.42. The van der Waals surface area contributed by atoms with Crippen LogP contribution in [0.15, 0.2) is 35.0 Å². The summed E-state index contributed by atoms with van der Waals surface area (Å²) in [7, 11) is 0. The molecule has 7 amide bonds. The number of aliphatic imine (C=N–C) groups is 1. The number of imide groups is 1. The van der Waals surface area contributed by atoms with Crippen LogP contribution in [0.5, 0.6) is 0 Å². The number of hydrogen-bond donors (Lipinski definition) is 4. The number of nitrogens with zero attached hydrogens (tertiary/aromatic N) is 4. The number of carbonyl (C=O) groups excluding carboxylic acids is 6. The maximum atomic E-state index is 13.8. The van der Waals surface area contributed by atoms with Crippen LogP contribution >= 0.6 is 0 Å². The Morgan fingerprint density at radius 2 is 1.23 bits per heavy atom. The molecule has 1 saturated carbocycles. The van der Waals surface area contributed by atoms with Gasteiger partial charge < -0.3 is 74.0 Å². The Morgan fingerprint density at radius 1 is 0.731 bits per heavy atom. The smallest absolute Gasteiger partial charge is 0.315 e. The number of aromatic amines is 1. The second-order valence-corrected chi connectivity index (χ2v) is 18.4. The van der Waals surface area contributed by atoms with Crippen LogP contribution in [0.25, 0.3) is 6.08 Å². The highest BCUT2D eigenvalue weighted by Gasteiger charge is 2.57. The number of H-pyrrole nitrogens is 1. The van der Waals surface area contributed by atoms with Gasteiger partial charge in [0.1, 0.15) is 23.6 Å². The first-order chi connectivity index (χ1) is 38.0. The quantitative estimate of drug-likeness (QED) is 0.0380. The van der Waals surface area contributed by atoms with Crippen molar-refractivity contribution < 1.29 is 86.0 Å². The third kappa shape index (κ3) is 23.4. The van der Waals surface area contributed by atoms with E-state index in [9.17, 15) is 28.8 Å². The zero-order valence-electron chi connectivity index (χ0n) is 45.4. The first-order valence-electron chi connectivity index (χ1n) is 27.0. The fraction of sp³-hybridized carbons (Fsp3) is 0.692. The zero-order valence-corrected chi connectivity index (χ0v) is 45.4. The molecule has 4 heterocycles. The van der Waals surface area contributed by atoms with Crippen molar-refractivity contribution in [2.75, 3.05) is 178 Å². The van der Waals surface area contributed by atoms with Crippen molar-refractivity contribution in [1.82, 2.24) is 30.8 Å². The highest BCUT2D eigenvalue weighted by Crippen LogP contribution is 2.52. The van der Waals surface area contributed by atoms with E-state index < -0.39 is 17.7 Å². The van der Waals surface area contributed by atoms with Gasteiger partial charge in [0, 0.05) is 74.4 Å². The fourth-order valence-electron chi connectivity index (χ4n) is 8.42. The van der Waals surface area contributed by atoms with Gasteiger partial charge in [-0.2, -0.15) is 0 Å². The number of piperidine rings is 1. The SMILES string of the molecule is CCCN(OCC)C(=O)C1=Cc2[nH+]cc(C(=O)N3CCC[C@]4(CC4NC(=O)NCCOCCOCCOCCOCCOCCOCCOCCOCCOCCOCCNC(=O)CN4C(=O)C=CC4=O)C3)cc2N=C(N)C1. The van der Waals surface area contributed by atoms with Crippen LogP contribution in [0.4, 0.5) is 10.5 Å². The van der Waals surface area contributed by atoms with E-state index in [0.29, 0.717) is 181 Å². The number of pyridine rings is 1. The molecule has 6 N–H and O–H groups in total. The van der Waals surface area contributed by atoms with E-state index in [1.807, 2.05) is 18.7 Å². The minimum atomic E-state index is -0.500. The zero-order chi connectivity index (χ0) is 55.6. The lowest BCUT2D eigenvalue weighted by Crippen LogP contribution is -2.46. The van der Waals surface area contributed by atoms with Gasteiger partial charge in [0.05, 0.1) is 139 Å². The number of hydrogen-bond acceptors (Lipinski definition) is 19. The van der Waals surface area contributed by atoms with Crippen LogP contribution < -0.4 is 26.7 Å². The second-order valence-electron chi connectivity index (χ2n) is 18.4. The average molecular weight is 1110 g/mol. The molecule has 0 aromatic carbocycles. The molecule has 1 spiro atoms. The van der Waals surface area contributed by atoms with Crippen molar-refractivity contribution in [2.24, 2.45) is 16.1 Å². The van der Waals surface area contributed by atoms with E-state index in [4.69, 9.17) is 57.9 Å². The molecular formula is C52H82N9O17+. The number of carbonyl (C=O) groups is 6. The first kappa shape index (κ1) is 63.3. The van der Waals surface area contributed by atoms with E-state index in [-0.39, 0.29) is 61.3 Å². The van der Waals surface area contributed by atoms with Gasteiger partial charge in [-0.25, -0.2) is 19.8 Å². The van der Waals surface area contributed by atoms with Gasteiger partial charge in [-0.05, 0) is 38.7 Å². The molecule has 2 fully saturated rings. The van der Waals surface area contributed by atoms with E-state index in [2.05, 4.69) is 25.9 Å². The summed E-state index contributed by atoms with van der Waals surface area (Å²) in [5.74, 6) is -1.58. The standard InChI is InChI=1S/C52H81N9O17/c1-3-11-61(78-4-2)50(66)40-33-42-43(57-45(53)35-40)34-41(37-56-42)49(65)59-12-5-8-52(39-59)36-44(52)58-51(67)55-10-14-69-16-18-71-20-22-73-24-26-75-28-30-77-32-31-76-29-27-74-25-23-72-21-19-70-17-15-68-13-9-54-46(62)38-60-47(63)6-7-48(60)64/h6-7,33-34,37,44H,3-5,8-32,35-36,38-39H2,1-2H3,(H2,53,57)(H,54,62)(H2,55,58,67)/p+1/t44?,52-/m0/s1. The molecule has 78 heavy (non-hydrogen) atoms. The highest BCUT2D eigenvalue weighted by molar-refractivity contribution is 6.14. The Hall–Kier alpha value is -5.52. The Labute approximate surface area is 456 Å². The normalized spacial score (nSPS) is 17.7. The third-order valence-electron chi connectivity index (χ3n) is 12.4. The van der Waals surface area contributed by atoms with E-state index >= 15 is 0 Å². The maximum absolute atomic E-state index is 13.8. The van der Waals surface area contributed by atoms with Crippen molar-refractivity contribution in [1.29, 1.82) is 0 Å². The summed E-state index contributed by atoms with van der Waals surface area (Å²) in [6.45, 7) is 14.2. The van der Waals surface area contributed by atoms with Crippen molar-refractivity contribution in [3.63, 3.8) is 0 Å². The lowest BCUT2D eigenvalue weighted by atomic mass is 9.93. The van der Waals surface area contributed by atoms with Gasteiger partial charge in [0.15, 0.2) is 6.20 Å². The van der Waals surface area contributed by atoms with Gasteiger partial charge in [0.25, 0.3) is 23.6 Å². The van der Waals surface area contributed by atoms with E-state index in [1.165, 1.54) is 5.06 Å². The maximum Gasteiger partial charge on any atom is 0.315 e. The van der Waals surface area contributed by atoms with E-state index in [1.54, 1.807) is 18.3 Å². The number of rotatable bonds is 42. The summed E-state index contributed by atoms with van der Waals surface area (Å²) in [5.41, 5.74) is 8.01. The summed E-state index contributed by atoms with van der Waals surface area (Å²) in [5, 5.41) is 9.87. The molecule has 2 atom stereocenters. The molecule has 1 unspecified atom stereocenters. The largest absolute Gasteiger partial charge is 0.387 e. The molecule has 4 aliphatic rings. The number of nitrogens with two attached hydrogens (primary N) is 1. The Morgan fingerprint density at radius 3 is 1.73 bits per heavy atom. The first-order valence-corrected chi connectivity index (χ1v) is 27.0. The molecule has 3 aliphatic heterocycles. The molecule has 1 aromatic heterocycles. The molecule has 1 aliphatic carbocycles. The monoisotopic (exact) mass is 1100 g/mol. The van der Waals surface area contributed by atoms with Gasteiger partial charge in [0.2, 0.25) is 11.6 Å². The Balaban J connectivity index is 0.738. The Kier molecular flexibility index (Phi) is 29.7. The molecule has 26 heteroatoms. The third-order valence-corrected chi connectivity index (χ3v) is 12.4. The summed E-state index contributed by atoms with van der Waals surface area (Å²) in [4.78, 5) is 90.5. The van der Waals surface area contributed by atoms with Gasteiger partial charge in [-0.1, -0.05) is 6.92 Å². The van der Waals surface area contributed by atoms with Crippen LogP contribution in [0, 0.1) is 5.41 Å². The highest BCUT2D eigenvalue weighted by atomic mass is 16.7. The van der Waals surface area contributed by atoms with Gasteiger partial charge in [-0.3, -0.25) is 33.7 Å². The molecule has 1 aromatic rings. The molecule has 0 radical (unpaired) electrons. The number of urea groups is 1. The molecule has 1 saturated heterocycles. The lowest BCUT2D eigenvalue weighted by molar-refractivity contribution is -0.380. The summed E-state index contributed by atoms with van der Waals surface area (Å²) in [6.07, 6.45) is 9.05. The molecule has 0 bridgehead atoms. The molecule has 5 rings (SSSR count). The molecule has 26 nitrogen and oxygen atoms in total. The van der Waals surface area contributed by atoms with Crippen molar-refractivity contribution in [3.05, 3.63) is 41.2 Å². The van der Waals surface area contributed by atoms with Crippen LogP contribution in [0.3, 0.4) is 0 Å². The Bertz CT molecular complexity index is 2110. The predicted octanol–water partition coefficient (Wildman–Crippen LogP) is -0.0323. The number of ether oxygens (including phenoxy) is 10. The summed E-state index contributed by atoms with van der Waals surface area (Å²) in [6, 6.07) is 1.40. The van der Waals surface area contributed by atoms with Gasteiger partial charge >= 0.3 is 6.03 Å². The summed E-state index contributed by atoms with van der Waals surface area (Å²) < 4.78 is 55.0. The topological polar surface area (TPSA) is 302 Å². The lowest BCUT2D eigenvalue weighted by Gasteiger charge is -2.33. The van der Waals surface area contributed by atoms with Gasteiger partial charge in [-0.15, -0.1) is 0 Å². The number of likely N-dealkylation sites (tertiary alicyclic amines) is 1. The minimum Gasteiger partial charge on any atom is -0.387 e. The van der Waals surface area contributed by atoms with E-state index in [0.717, 1.165) is 42.7 Å². The van der Waals surface area contributed by atoms with Crippen LogP contribution in [0.2, 0.25) is 0 Å². The average Bonchev–Trinajstić information content (AvgIpc) is 4.24. The molecule has 436 valence electrons. The van der Waals surface area contributed by atoms with Crippen LogP contribution in [-0.4, -0.2) is 240 Å². The number of hydroxylamine groups is 2. The van der Waals surface area contributed by atoms with Crippen LogP contribution in [0.1, 0.15) is 62.0 Å².